The van der Waals surface area contributed by atoms with E-state index in [9.17, 15) is 0 Å². The van der Waals surface area contributed by atoms with Crippen molar-refractivity contribution in [2.75, 3.05) is 14.2 Å². The molecule has 0 saturated carbocycles. The quantitative estimate of drug-likeness (QED) is 0.852. The predicted molar refractivity (Wildman–Crippen MR) is 89.7 cm³/mol. The van der Waals surface area contributed by atoms with E-state index in [1.54, 1.807) is 13.2 Å². The molecule has 0 aliphatic heterocycles. The Kier molecular flexibility index (Phi) is 5.51. The van der Waals surface area contributed by atoms with Crippen LogP contribution in [0.4, 0.5) is 0 Å². The largest absolute Gasteiger partial charge is 0.496 e. The smallest absolute Gasteiger partial charge is 0.122 e. The summed E-state index contributed by atoms with van der Waals surface area (Å²) in [6.07, 6.45) is 0.804. The highest BCUT2D eigenvalue weighted by Crippen LogP contribution is 2.29. The summed E-state index contributed by atoms with van der Waals surface area (Å²) in [5, 5.41) is 4.61. The van der Waals surface area contributed by atoms with Crippen LogP contribution in [-0.2, 0) is 6.42 Å². The Hall–Kier alpha value is -1.22. The van der Waals surface area contributed by atoms with E-state index in [1.807, 2.05) is 31.3 Å². The number of aryl methyl sites for hydroxylation is 1. The first-order chi connectivity index (χ1) is 10.0. The Balaban J connectivity index is 2.32. The van der Waals surface area contributed by atoms with Crippen molar-refractivity contribution in [1.29, 1.82) is 0 Å². The third-order valence-corrected chi connectivity index (χ3v) is 3.93. The summed E-state index contributed by atoms with van der Waals surface area (Å²) in [6.45, 7) is 2.08. The first-order valence-corrected chi connectivity index (χ1v) is 7.56. The van der Waals surface area contributed by atoms with Crippen molar-refractivity contribution < 1.29 is 4.74 Å². The van der Waals surface area contributed by atoms with Crippen molar-refractivity contribution in [3.63, 3.8) is 0 Å². The summed E-state index contributed by atoms with van der Waals surface area (Å²) in [5.74, 6) is 0.897. The Bertz CT molecular complexity index is 608. The number of likely N-dealkylation sites (N-methyl/N-ethyl adjacent to an activating group) is 1. The van der Waals surface area contributed by atoms with Crippen LogP contribution in [0.3, 0.4) is 0 Å². The number of benzene rings is 2. The highest BCUT2D eigenvalue weighted by Gasteiger charge is 2.14. The van der Waals surface area contributed by atoms with Gasteiger partial charge in [0.05, 0.1) is 7.11 Å². The average molecular weight is 324 g/mol. The highest BCUT2D eigenvalue weighted by atomic mass is 35.5. The van der Waals surface area contributed by atoms with Crippen molar-refractivity contribution in [3.8, 4) is 5.75 Å². The van der Waals surface area contributed by atoms with E-state index in [-0.39, 0.29) is 6.04 Å². The van der Waals surface area contributed by atoms with Crippen LogP contribution in [0.15, 0.2) is 36.4 Å². The molecule has 1 unspecified atom stereocenters. The average Bonchev–Trinajstić information content (AvgIpc) is 2.43. The molecule has 4 heteroatoms. The van der Waals surface area contributed by atoms with Crippen LogP contribution in [0, 0.1) is 6.92 Å². The molecular formula is C17H19Cl2NO. The molecule has 0 heterocycles. The van der Waals surface area contributed by atoms with Gasteiger partial charge in [-0.2, -0.15) is 0 Å². The molecule has 0 bridgehead atoms. The molecule has 21 heavy (non-hydrogen) atoms. The molecule has 0 spiro atoms. The Morgan fingerprint density at radius 1 is 1.10 bits per heavy atom. The molecule has 0 radical (unpaired) electrons. The lowest BCUT2D eigenvalue weighted by molar-refractivity contribution is 0.406. The zero-order chi connectivity index (χ0) is 15.4. The van der Waals surface area contributed by atoms with Crippen molar-refractivity contribution in [2.24, 2.45) is 0 Å². The second kappa shape index (κ2) is 7.17. The maximum Gasteiger partial charge on any atom is 0.122 e. The predicted octanol–water partition coefficient (Wildman–Crippen LogP) is 4.81. The van der Waals surface area contributed by atoms with Gasteiger partial charge in [0, 0.05) is 16.1 Å². The second-order valence-electron chi connectivity index (χ2n) is 5.06. The summed E-state index contributed by atoms with van der Waals surface area (Å²) in [4.78, 5) is 0. The van der Waals surface area contributed by atoms with E-state index >= 15 is 0 Å². The van der Waals surface area contributed by atoms with E-state index in [4.69, 9.17) is 27.9 Å². The van der Waals surface area contributed by atoms with Gasteiger partial charge in [-0.1, -0.05) is 40.9 Å². The fraction of sp³-hybridized carbons (Fsp3) is 0.294. The van der Waals surface area contributed by atoms with Gasteiger partial charge in [0.15, 0.2) is 0 Å². The lowest BCUT2D eigenvalue weighted by Gasteiger charge is -2.19. The number of ether oxygens (including phenoxy) is 1. The van der Waals surface area contributed by atoms with Gasteiger partial charge in [0.25, 0.3) is 0 Å². The molecule has 2 nitrogen and oxygen atoms in total. The summed E-state index contributed by atoms with van der Waals surface area (Å²) in [7, 11) is 3.63. The summed E-state index contributed by atoms with van der Waals surface area (Å²) in [5.41, 5.74) is 3.44. The lowest BCUT2D eigenvalue weighted by Crippen LogP contribution is -2.19. The molecule has 0 aliphatic rings. The first-order valence-electron chi connectivity index (χ1n) is 6.80. The molecule has 1 atom stereocenters. The van der Waals surface area contributed by atoms with Crippen LogP contribution in [0.2, 0.25) is 10.0 Å². The number of hydrogen-bond acceptors (Lipinski definition) is 2. The van der Waals surface area contributed by atoms with E-state index < -0.39 is 0 Å². The molecule has 0 aliphatic carbocycles. The molecular weight excluding hydrogens is 305 g/mol. The van der Waals surface area contributed by atoms with Crippen LogP contribution in [-0.4, -0.2) is 14.2 Å². The minimum atomic E-state index is 0.122. The molecule has 0 fully saturated rings. The van der Waals surface area contributed by atoms with Crippen LogP contribution in [0.25, 0.3) is 0 Å². The number of methoxy groups -OCH3 is 1. The summed E-state index contributed by atoms with van der Waals surface area (Å²) >= 11 is 12.2. The van der Waals surface area contributed by atoms with Gasteiger partial charge in [0.1, 0.15) is 5.75 Å². The topological polar surface area (TPSA) is 21.3 Å². The lowest BCUT2D eigenvalue weighted by atomic mass is 9.97. The van der Waals surface area contributed by atoms with Gasteiger partial charge in [-0.05, 0) is 55.8 Å². The van der Waals surface area contributed by atoms with Gasteiger partial charge in [-0.25, -0.2) is 0 Å². The van der Waals surface area contributed by atoms with Crippen molar-refractivity contribution in [2.45, 2.75) is 19.4 Å². The van der Waals surface area contributed by atoms with Gasteiger partial charge in [0.2, 0.25) is 0 Å². The Labute approximate surface area is 136 Å². The third-order valence-electron chi connectivity index (χ3n) is 3.50. The standard InChI is InChI=1S/C17H19Cl2NO/c1-11-4-5-17(21-3)13(6-11)9-16(20-2)12-7-14(18)10-15(19)8-12/h4-8,10,16,20H,9H2,1-3H3. The number of halogens is 2. The minimum Gasteiger partial charge on any atom is -0.496 e. The summed E-state index contributed by atoms with van der Waals surface area (Å²) in [6, 6.07) is 11.9. The SMILES string of the molecule is CNC(Cc1cc(C)ccc1OC)c1cc(Cl)cc(Cl)c1. The van der Waals surface area contributed by atoms with Gasteiger partial charge < -0.3 is 10.1 Å². The van der Waals surface area contributed by atoms with Crippen LogP contribution < -0.4 is 10.1 Å². The molecule has 0 aromatic heterocycles. The fourth-order valence-electron chi connectivity index (χ4n) is 2.45. The Morgan fingerprint density at radius 2 is 1.76 bits per heavy atom. The van der Waals surface area contributed by atoms with Gasteiger partial charge >= 0.3 is 0 Å². The molecule has 2 aromatic carbocycles. The van der Waals surface area contributed by atoms with Gasteiger partial charge in [-0.15, -0.1) is 0 Å². The molecule has 0 saturated heterocycles. The molecule has 0 amide bonds. The monoisotopic (exact) mass is 323 g/mol. The maximum absolute atomic E-state index is 6.10. The molecule has 2 aromatic rings. The third kappa shape index (κ3) is 4.13. The normalized spacial score (nSPS) is 12.2. The van der Waals surface area contributed by atoms with E-state index in [0.717, 1.165) is 23.3 Å². The molecule has 1 N–H and O–H groups in total. The molecule has 2 rings (SSSR count). The number of hydrogen-bond donors (Lipinski definition) is 1. The first kappa shape index (κ1) is 16.2. The highest BCUT2D eigenvalue weighted by molar-refractivity contribution is 6.34. The van der Waals surface area contributed by atoms with Crippen molar-refractivity contribution in [1.82, 2.24) is 5.32 Å². The van der Waals surface area contributed by atoms with E-state index in [0.29, 0.717) is 10.0 Å². The van der Waals surface area contributed by atoms with Crippen LogP contribution in [0.5, 0.6) is 5.75 Å². The van der Waals surface area contributed by atoms with E-state index in [2.05, 4.69) is 18.3 Å². The van der Waals surface area contributed by atoms with Gasteiger partial charge in [-0.3, -0.25) is 0 Å². The minimum absolute atomic E-state index is 0.122. The number of nitrogens with one attached hydrogen (secondary N) is 1. The maximum atomic E-state index is 6.10. The number of rotatable bonds is 5. The van der Waals surface area contributed by atoms with E-state index in [1.165, 1.54) is 5.56 Å². The van der Waals surface area contributed by atoms with Crippen molar-refractivity contribution >= 4 is 23.2 Å². The van der Waals surface area contributed by atoms with Crippen LogP contribution >= 0.6 is 23.2 Å². The fourth-order valence-corrected chi connectivity index (χ4v) is 2.99. The zero-order valence-corrected chi connectivity index (χ0v) is 13.9. The Morgan fingerprint density at radius 3 is 2.33 bits per heavy atom. The second-order valence-corrected chi connectivity index (χ2v) is 5.94. The summed E-state index contributed by atoms with van der Waals surface area (Å²) < 4.78 is 5.45. The molecule has 112 valence electrons. The van der Waals surface area contributed by atoms with Crippen molar-refractivity contribution in [3.05, 3.63) is 63.1 Å². The zero-order valence-electron chi connectivity index (χ0n) is 12.4. The van der Waals surface area contributed by atoms with Crippen LogP contribution in [0.1, 0.15) is 22.7 Å².